The van der Waals surface area contributed by atoms with Crippen LogP contribution in [0.4, 0.5) is 0 Å². The van der Waals surface area contributed by atoms with E-state index in [0.717, 1.165) is 13.1 Å². The lowest BCUT2D eigenvalue weighted by Crippen LogP contribution is -2.45. The topological polar surface area (TPSA) is 162 Å². The third-order valence-corrected chi connectivity index (χ3v) is 2.61. The summed E-state index contributed by atoms with van der Waals surface area (Å²) >= 11 is 0. The fourth-order valence-electron chi connectivity index (χ4n) is 0.921. The lowest BCUT2D eigenvalue weighted by Gasteiger charge is -2.18. The minimum atomic E-state index is -0.245. The van der Waals surface area contributed by atoms with Crippen LogP contribution in [0.5, 0.6) is 0 Å². The van der Waals surface area contributed by atoms with Crippen LogP contribution in [0, 0.1) is 0 Å². The maximum absolute atomic E-state index is 9.59. The van der Waals surface area contributed by atoms with Gasteiger partial charge in [-0.2, -0.15) is 0 Å². The average Bonchev–Trinajstić information content (AvgIpc) is 2.51. The standard InChI is InChI=1S/C9H24N4.2C3H7NO/c1-7(11)5-12-9(3)6-13-8(2)4-10;2*1-2-3(4)5/h7-9,12-13H,4-6,10-11H2,1-3H3;2*2H2,1H3,(H2,4,5). The Kier molecular flexibility index (Phi) is 21.8. The first-order chi connectivity index (χ1) is 10.6. The van der Waals surface area contributed by atoms with Crippen molar-refractivity contribution >= 4 is 11.8 Å². The second-order valence-electron chi connectivity index (χ2n) is 5.47. The molecule has 0 rings (SSSR count). The number of carbonyl (C=O) groups is 2. The summed E-state index contributed by atoms with van der Waals surface area (Å²) in [5.41, 5.74) is 20.4. The molecule has 23 heavy (non-hydrogen) atoms. The normalized spacial score (nSPS) is 13.5. The molecule has 2 amide bonds. The summed E-state index contributed by atoms with van der Waals surface area (Å²) in [4.78, 5) is 19.2. The van der Waals surface area contributed by atoms with Crippen molar-refractivity contribution < 1.29 is 9.59 Å². The van der Waals surface area contributed by atoms with Gasteiger partial charge in [0.15, 0.2) is 0 Å². The van der Waals surface area contributed by atoms with Gasteiger partial charge >= 0.3 is 0 Å². The van der Waals surface area contributed by atoms with Gasteiger partial charge < -0.3 is 33.6 Å². The SMILES string of the molecule is CC(N)CNC(C)CNC(C)CN.CCC(N)=O.CCC(N)=O. The molecule has 3 atom stereocenters. The molecule has 0 radical (unpaired) electrons. The molecule has 140 valence electrons. The van der Waals surface area contributed by atoms with Crippen LogP contribution in [0.25, 0.3) is 0 Å². The van der Waals surface area contributed by atoms with E-state index in [2.05, 4.69) is 35.9 Å². The van der Waals surface area contributed by atoms with Crippen LogP contribution in [0.2, 0.25) is 0 Å². The monoisotopic (exact) mass is 334 g/mol. The molecular formula is C15H38N6O2. The predicted octanol–water partition coefficient (Wildman–Crippen LogP) is -0.988. The number of nitrogens with one attached hydrogen (secondary N) is 2. The predicted molar refractivity (Wildman–Crippen MR) is 96.6 cm³/mol. The van der Waals surface area contributed by atoms with Crippen molar-refractivity contribution in [3.05, 3.63) is 0 Å². The molecule has 0 fully saturated rings. The van der Waals surface area contributed by atoms with Crippen LogP contribution in [-0.2, 0) is 9.59 Å². The Morgan fingerprint density at radius 1 is 0.870 bits per heavy atom. The summed E-state index contributed by atoms with van der Waals surface area (Å²) in [7, 11) is 0. The molecule has 0 aliphatic carbocycles. The molecule has 0 aliphatic rings. The van der Waals surface area contributed by atoms with Crippen LogP contribution >= 0.6 is 0 Å². The number of hydrogen-bond donors (Lipinski definition) is 6. The van der Waals surface area contributed by atoms with Gasteiger partial charge in [0.05, 0.1) is 0 Å². The third-order valence-electron chi connectivity index (χ3n) is 2.61. The quantitative estimate of drug-likeness (QED) is 0.317. The molecule has 0 aromatic heterocycles. The Labute approximate surface area is 141 Å². The molecule has 0 aliphatic heterocycles. The molecule has 3 unspecified atom stereocenters. The Hall–Kier alpha value is -1.22. The highest BCUT2D eigenvalue weighted by Crippen LogP contribution is 1.82. The van der Waals surface area contributed by atoms with Gasteiger partial charge in [0, 0.05) is 50.6 Å². The second kappa shape index (κ2) is 18.8. The average molecular weight is 335 g/mol. The van der Waals surface area contributed by atoms with E-state index >= 15 is 0 Å². The number of primary amides is 2. The number of carbonyl (C=O) groups excluding carboxylic acids is 2. The highest BCUT2D eigenvalue weighted by atomic mass is 16.1. The maximum Gasteiger partial charge on any atom is 0.217 e. The zero-order valence-corrected chi connectivity index (χ0v) is 15.4. The maximum atomic E-state index is 9.59. The van der Waals surface area contributed by atoms with Gasteiger partial charge in [-0.05, 0) is 20.8 Å². The van der Waals surface area contributed by atoms with E-state index in [-0.39, 0.29) is 17.9 Å². The lowest BCUT2D eigenvalue weighted by molar-refractivity contribution is -0.118. The van der Waals surface area contributed by atoms with Gasteiger partial charge in [-0.15, -0.1) is 0 Å². The molecule has 0 saturated carbocycles. The van der Waals surface area contributed by atoms with E-state index in [0.29, 0.717) is 31.5 Å². The van der Waals surface area contributed by atoms with Gasteiger partial charge in [-0.25, -0.2) is 0 Å². The Balaban J connectivity index is -0.000000329. The van der Waals surface area contributed by atoms with Crippen molar-refractivity contribution in [2.75, 3.05) is 19.6 Å². The lowest BCUT2D eigenvalue weighted by atomic mass is 10.2. The van der Waals surface area contributed by atoms with Crippen molar-refractivity contribution in [2.24, 2.45) is 22.9 Å². The zero-order chi connectivity index (χ0) is 18.8. The van der Waals surface area contributed by atoms with Crippen molar-refractivity contribution in [2.45, 2.75) is 65.6 Å². The summed E-state index contributed by atoms with van der Waals surface area (Å²) in [6, 6.07) is 1.05. The van der Waals surface area contributed by atoms with E-state index in [1.165, 1.54) is 0 Å². The summed E-state index contributed by atoms with van der Waals surface area (Å²) in [6.07, 6.45) is 0.889. The van der Waals surface area contributed by atoms with Crippen LogP contribution in [0.3, 0.4) is 0 Å². The van der Waals surface area contributed by atoms with Gasteiger partial charge in [-0.1, -0.05) is 13.8 Å². The van der Waals surface area contributed by atoms with Gasteiger partial charge in [-0.3, -0.25) is 9.59 Å². The minimum Gasteiger partial charge on any atom is -0.370 e. The first-order valence-electron chi connectivity index (χ1n) is 8.09. The Morgan fingerprint density at radius 3 is 1.48 bits per heavy atom. The Morgan fingerprint density at radius 2 is 1.22 bits per heavy atom. The molecule has 0 heterocycles. The summed E-state index contributed by atoms with van der Waals surface area (Å²) in [5.74, 6) is -0.491. The molecule has 0 aromatic rings. The van der Waals surface area contributed by atoms with Crippen LogP contribution in [0.1, 0.15) is 47.5 Å². The van der Waals surface area contributed by atoms with Gasteiger partial charge in [0.2, 0.25) is 11.8 Å². The fourth-order valence-corrected chi connectivity index (χ4v) is 0.921. The molecule has 8 nitrogen and oxygen atoms in total. The highest BCUT2D eigenvalue weighted by molar-refractivity contribution is 5.73. The van der Waals surface area contributed by atoms with E-state index in [1.807, 2.05) is 6.92 Å². The minimum absolute atomic E-state index is 0.217. The molecule has 0 aromatic carbocycles. The van der Waals surface area contributed by atoms with Crippen LogP contribution in [0.15, 0.2) is 0 Å². The molecule has 0 saturated heterocycles. The Bertz CT molecular complexity index is 273. The van der Waals surface area contributed by atoms with E-state index < -0.39 is 0 Å². The second-order valence-corrected chi connectivity index (χ2v) is 5.47. The number of rotatable bonds is 9. The fraction of sp³-hybridized carbons (Fsp3) is 0.867. The van der Waals surface area contributed by atoms with Crippen LogP contribution in [-0.4, -0.2) is 49.6 Å². The van der Waals surface area contributed by atoms with Crippen molar-refractivity contribution in [3.8, 4) is 0 Å². The first-order valence-corrected chi connectivity index (χ1v) is 8.09. The van der Waals surface area contributed by atoms with Crippen LogP contribution < -0.4 is 33.6 Å². The number of hydrogen-bond acceptors (Lipinski definition) is 6. The van der Waals surface area contributed by atoms with Gasteiger partial charge in [0.1, 0.15) is 0 Å². The molecule has 0 bridgehead atoms. The number of amides is 2. The summed E-state index contributed by atoms with van der Waals surface area (Å²) < 4.78 is 0. The van der Waals surface area contributed by atoms with Crippen molar-refractivity contribution in [1.29, 1.82) is 0 Å². The highest BCUT2D eigenvalue weighted by Gasteiger charge is 2.03. The molecule has 8 heteroatoms. The summed E-state index contributed by atoms with van der Waals surface area (Å²) in [5, 5.41) is 6.66. The van der Waals surface area contributed by atoms with E-state index in [4.69, 9.17) is 11.5 Å². The molecule has 10 N–H and O–H groups in total. The molecular weight excluding hydrogens is 296 g/mol. The zero-order valence-electron chi connectivity index (χ0n) is 15.4. The summed E-state index contributed by atoms with van der Waals surface area (Å²) in [6.45, 7) is 12.1. The molecule has 0 spiro atoms. The van der Waals surface area contributed by atoms with Crippen molar-refractivity contribution in [1.82, 2.24) is 10.6 Å². The van der Waals surface area contributed by atoms with E-state index in [1.54, 1.807) is 13.8 Å². The largest absolute Gasteiger partial charge is 0.370 e. The smallest absolute Gasteiger partial charge is 0.217 e. The third kappa shape index (κ3) is 33.5. The number of nitrogens with two attached hydrogens (primary N) is 4. The van der Waals surface area contributed by atoms with E-state index in [9.17, 15) is 9.59 Å². The van der Waals surface area contributed by atoms with Gasteiger partial charge in [0.25, 0.3) is 0 Å². The first kappa shape index (κ1) is 26.7. The van der Waals surface area contributed by atoms with Crippen molar-refractivity contribution in [3.63, 3.8) is 0 Å².